The Labute approximate surface area is 156 Å². The molecule has 0 aliphatic rings. The summed E-state index contributed by atoms with van der Waals surface area (Å²) in [7, 11) is 0. The molecule has 0 atom stereocenters. The van der Waals surface area contributed by atoms with Crippen LogP contribution in [0.25, 0.3) is 5.69 Å². The first-order valence-electron chi connectivity index (χ1n) is 7.20. The van der Waals surface area contributed by atoms with Crippen molar-refractivity contribution in [2.45, 2.75) is 0 Å². The van der Waals surface area contributed by atoms with Gasteiger partial charge in [-0.15, -0.1) is 0 Å². The Balaban J connectivity index is 1.63. The number of hydrogen-bond acceptors (Lipinski definition) is 3. The van der Waals surface area contributed by atoms with Crippen LogP contribution in [0.3, 0.4) is 0 Å². The zero-order chi connectivity index (χ0) is 17.8. The molecule has 3 aromatic rings. The van der Waals surface area contributed by atoms with Gasteiger partial charge < -0.3 is 0 Å². The Bertz CT molecular complexity index is 907. The van der Waals surface area contributed by atoms with Crippen molar-refractivity contribution in [3.63, 3.8) is 0 Å². The fraction of sp³-hybridized carbons (Fsp3) is 0. The first-order chi connectivity index (χ1) is 12.0. The molecule has 2 aromatic carbocycles. The highest BCUT2D eigenvalue weighted by atomic mass is 79.9. The lowest BCUT2D eigenvalue weighted by Crippen LogP contribution is -2.41. The Morgan fingerprint density at radius 1 is 0.920 bits per heavy atom. The number of hydrogen-bond donors (Lipinski definition) is 2. The van der Waals surface area contributed by atoms with Crippen molar-refractivity contribution in [1.29, 1.82) is 0 Å². The summed E-state index contributed by atoms with van der Waals surface area (Å²) in [6.07, 6.45) is 2.97. The number of benzene rings is 2. The first kappa shape index (κ1) is 17.2. The second-order valence-electron chi connectivity index (χ2n) is 5.07. The highest BCUT2D eigenvalue weighted by Gasteiger charge is 2.11. The lowest BCUT2D eigenvalue weighted by atomic mass is 10.2. The van der Waals surface area contributed by atoms with Crippen LogP contribution in [0.1, 0.15) is 20.7 Å². The Morgan fingerprint density at radius 2 is 1.52 bits per heavy atom. The third kappa shape index (κ3) is 4.26. The molecule has 0 aliphatic carbocycles. The number of carbonyl (C=O) groups excluding carboxylic acids is 2. The normalized spacial score (nSPS) is 10.3. The molecule has 126 valence electrons. The highest BCUT2D eigenvalue weighted by Crippen LogP contribution is 2.13. The standard InChI is InChI=1S/C17H12BrClN4O2/c18-13-3-1-11(2-4-13)16(24)21-22-17(25)12-9-20-23(10-12)15-7-5-14(19)6-8-15/h1-10H,(H,21,24)(H,22,25). The molecule has 25 heavy (non-hydrogen) atoms. The van der Waals surface area contributed by atoms with Gasteiger partial charge in [-0.2, -0.15) is 5.10 Å². The number of rotatable bonds is 3. The zero-order valence-corrected chi connectivity index (χ0v) is 15.1. The lowest BCUT2D eigenvalue weighted by molar-refractivity contribution is 0.0846. The maximum absolute atomic E-state index is 12.1. The molecule has 6 nitrogen and oxygen atoms in total. The van der Waals surface area contributed by atoms with Gasteiger partial charge in [-0.25, -0.2) is 4.68 Å². The maximum Gasteiger partial charge on any atom is 0.272 e. The molecule has 0 saturated heterocycles. The SMILES string of the molecule is O=C(NNC(=O)c1cnn(-c2ccc(Cl)cc2)c1)c1ccc(Br)cc1. The topological polar surface area (TPSA) is 76.0 Å². The third-order valence-electron chi connectivity index (χ3n) is 3.33. The summed E-state index contributed by atoms with van der Waals surface area (Å²) in [5.74, 6) is -0.878. The second kappa shape index (κ2) is 7.50. The molecule has 0 unspecified atom stereocenters. The zero-order valence-electron chi connectivity index (χ0n) is 12.7. The molecule has 1 heterocycles. The van der Waals surface area contributed by atoms with E-state index in [1.807, 2.05) is 0 Å². The quantitative estimate of drug-likeness (QED) is 0.639. The number of carbonyl (C=O) groups is 2. The van der Waals surface area contributed by atoms with Crippen LogP contribution in [0.2, 0.25) is 5.02 Å². The fourth-order valence-electron chi connectivity index (χ4n) is 2.03. The van der Waals surface area contributed by atoms with Crippen molar-refractivity contribution in [3.8, 4) is 5.69 Å². The number of halogens is 2. The summed E-state index contributed by atoms with van der Waals surface area (Å²) in [5, 5.41) is 4.74. The lowest BCUT2D eigenvalue weighted by Gasteiger charge is -2.06. The Kier molecular flexibility index (Phi) is 5.16. The molecule has 3 rings (SSSR count). The molecule has 0 bridgehead atoms. The van der Waals surface area contributed by atoms with Crippen molar-refractivity contribution in [1.82, 2.24) is 20.6 Å². The molecular weight excluding hydrogens is 408 g/mol. The largest absolute Gasteiger partial charge is 0.272 e. The van der Waals surface area contributed by atoms with Gasteiger partial charge >= 0.3 is 0 Å². The van der Waals surface area contributed by atoms with Crippen LogP contribution < -0.4 is 10.9 Å². The molecular formula is C17H12BrClN4O2. The third-order valence-corrected chi connectivity index (χ3v) is 4.11. The van der Waals surface area contributed by atoms with E-state index in [0.29, 0.717) is 16.1 Å². The van der Waals surface area contributed by atoms with Gasteiger partial charge in [0.15, 0.2) is 0 Å². The number of amides is 2. The summed E-state index contributed by atoms with van der Waals surface area (Å²) in [6.45, 7) is 0. The number of nitrogens with one attached hydrogen (secondary N) is 2. The summed E-state index contributed by atoms with van der Waals surface area (Å²) in [6, 6.07) is 13.8. The Morgan fingerprint density at radius 3 is 2.16 bits per heavy atom. The van der Waals surface area contributed by atoms with Gasteiger partial charge in [0.05, 0.1) is 17.4 Å². The minimum Gasteiger partial charge on any atom is -0.267 e. The molecule has 2 N–H and O–H groups in total. The van der Waals surface area contributed by atoms with Gasteiger partial charge in [-0.05, 0) is 48.5 Å². The maximum atomic E-state index is 12.1. The van der Waals surface area contributed by atoms with Crippen LogP contribution in [-0.2, 0) is 0 Å². The van der Waals surface area contributed by atoms with E-state index in [4.69, 9.17) is 11.6 Å². The van der Waals surface area contributed by atoms with Gasteiger partial charge in [0, 0.05) is 21.3 Å². The molecule has 1 aromatic heterocycles. The predicted octanol–water partition coefficient (Wildman–Crippen LogP) is 3.36. The fourth-order valence-corrected chi connectivity index (χ4v) is 2.42. The van der Waals surface area contributed by atoms with E-state index in [-0.39, 0.29) is 0 Å². The predicted molar refractivity (Wildman–Crippen MR) is 97.6 cm³/mol. The van der Waals surface area contributed by atoms with Gasteiger partial charge in [0.25, 0.3) is 11.8 Å². The molecule has 0 saturated carbocycles. The van der Waals surface area contributed by atoms with E-state index in [2.05, 4.69) is 31.9 Å². The van der Waals surface area contributed by atoms with Crippen LogP contribution in [0.4, 0.5) is 0 Å². The minimum atomic E-state index is -0.467. The average molecular weight is 420 g/mol. The summed E-state index contributed by atoms with van der Waals surface area (Å²) in [5.41, 5.74) is 6.23. The van der Waals surface area contributed by atoms with Crippen LogP contribution in [-0.4, -0.2) is 21.6 Å². The van der Waals surface area contributed by atoms with Crippen molar-refractivity contribution in [2.75, 3.05) is 0 Å². The van der Waals surface area contributed by atoms with Crippen LogP contribution in [0, 0.1) is 0 Å². The summed E-state index contributed by atoms with van der Waals surface area (Å²) in [4.78, 5) is 24.1. The van der Waals surface area contributed by atoms with E-state index < -0.39 is 11.8 Å². The number of nitrogens with zero attached hydrogens (tertiary/aromatic N) is 2. The van der Waals surface area contributed by atoms with E-state index in [0.717, 1.165) is 10.2 Å². The number of hydrazine groups is 1. The summed E-state index contributed by atoms with van der Waals surface area (Å²) >= 11 is 9.14. The van der Waals surface area contributed by atoms with Crippen molar-refractivity contribution in [3.05, 3.63) is 81.5 Å². The smallest absolute Gasteiger partial charge is 0.267 e. The highest BCUT2D eigenvalue weighted by molar-refractivity contribution is 9.10. The molecule has 0 aliphatic heterocycles. The van der Waals surface area contributed by atoms with Gasteiger partial charge in [-0.1, -0.05) is 27.5 Å². The van der Waals surface area contributed by atoms with E-state index in [1.54, 1.807) is 59.4 Å². The number of aromatic nitrogens is 2. The van der Waals surface area contributed by atoms with E-state index in [9.17, 15) is 9.59 Å². The van der Waals surface area contributed by atoms with Gasteiger partial charge in [-0.3, -0.25) is 20.4 Å². The monoisotopic (exact) mass is 418 g/mol. The Hall–Kier alpha value is -2.64. The van der Waals surface area contributed by atoms with Crippen LogP contribution >= 0.6 is 27.5 Å². The molecule has 2 amide bonds. The van der Waals surface area contributed by atoms with Crippen LogP contribution in [0.15, 0.2) is 65.4 Å². The van der Waals surface area contributed by atoms with Gasteiger partial charge in [0.1, 0.15) is 0 Å². The second-order valence-corrected chi connectivity index (χ2v) is 6.42. The van der Waals surface area contributed by atoms with Crippen molar-refractivity contribution < 1.29 is 9.59 Å². The van der Waals surface area contributed by atoms with E-state index >= 15 is 0 Å². The van der Waals surface area contributed by atoms with Gasteiger partial charge in [0.2, 0.25) is 0 Å². The van der Waals surface area contributed by atoms with Crippen molar-refractivity contribution in [2.24, 2.45) is 0 Å². The van der Waals surface area contributed by atoms with E-state index in [1.165, 1.54) is 6.20 Å². The molecule has 8 heteroatoms. The molecule has 0 radical (unpaired) electrons. The molecule has 0 fully saturated rings. The average Bonchev–Trinajstić information content (AvgIpc) is 3.11. The van der Waals surface area contributed by atoms with Crippen LogP contribution in [0.5, 0.6) is 0 Å². The summed E-state index contributed by atoms with van der Waals surface area (Å²) < 4.78 is 2.41. The minimum absolute atomic E-state index is 0.311. The van der Waals surface area contributed by atoms with Crippen molar-refractivity contribution >= 4 is 39.3 Å². The first-order valence-corrected chi connectivity index (χ1v) is 8.37. The molecule has 0 spiro atoms.